The van der Waals surface area contributed by atoms with E-state index in [2.05, 4.69) is 18.7 Å². The second-order valence-corrected chi connectivity index (χ2v) is 6.46. The summed E-state index contributed by atoms with van der Waals surface area (Å²) >= 11 is 6.20. The molecule has 0 aliphatic carbocycles. The lowest BCUT2D eigenvalue weighted by molar-refractivity contribution is 0.0768. The molecule has 1 aromatic carbocycles. The summed E-state index contributed by atoms with van der Waals surface area (Å²) in [6, 6.07) is 4.49. The molecule has 4 heteroatoms. The molecule has 0 amide bonds. The third kappa shape index (κ3) is 3.41. The van der Waals surface area contributed by atoms with Crippen LogP contribution in [0.3, 0.4) is 0 Å². The average Bonchev–Trinajstić information content (AvgIpc) is 2.99. The number of halogens is 2. The van der Waals surface area contributed by atoms with Gasteiger partial charge < -0.3 is 5.73 Å². The topological polar surface area (TPSA) is 29.3 Å². The van der Waals surface area contributed by atoms with Gasteiger partial charge in [-0.05, 0) is 69.0 Å². The van der Waals surface area contributed by atoms with Crippen LogP contribution in [0.15, 0.2) is 18.2 Å². The van der Waals surface area contributed by atoms with Crippen LogP contribution in [0.5, 0.6) is 0 Å². The number of hydrogen-bond donors (Lipinski definition) is 1. The predicted octanol–water partition coefficient (Wildman–Crippen LogP) is 4.00. The maximum absolute atomic E-state index is 13.4. The number of rotatable bonds is 6. The van der Waals surface area contributed by atoms with E-state index in [9.17, 15) is 4.39 Å². The van der Waals surface area contributed by atoms with Gasteiger partial charge in [0.1, 0.15) is 5.82 Å². The van der Waals surface area contributed by atoms with Gasteiger partial charge in [0.05, 0.1) is 0 Å². The third-order valence-electron chi connectivity index (χ3n) is 5.10. The summed E-state index contributed by atoms with van der Waals surface area (Å²) < 4.78 is 13.4. The van der Waals surface area contributed by atoms with Gasteiger partial charge in [0.2, 0.25) is 0 Å². The van der Waals surface area contributed by atoms with Crippen molar-refractivity contribution in [2.45, 2.75) is 57.5 Å². The first-order valence-electron chi connectivity index (χ1n) is 7.98. The zero-order valence-corrected chi connectivity index (χ0v) is 13.8. The molecule has 0 spiro atoms. The van der Waals surface area contributed by atoms with E-state index in [0.29, 0.717) is 11.4 Å². The second kappa shape index (κ2) is 7.08. The number of likely N-dealkylation sites (tertiary alicyclic amines) is 1. The van der Waals surface area contributed by atoms with E-state index in [1.54, 1.807) is 6.07 Å². The summed E-state index contributed by atoms with van der Waals surface area (Å²) in [5, 5.41) is 0.606. The lowest BCUT2D eigenvalue weighted by Crippen LogP contribution is -2.59. The summed E-state index contributed by atoms with van der Waals surface area (Å²) in [7, 11) is 0. The molecule has 0 bridgehead atoms. The minimum absolute atomic E-state index is 0.00779. The fourth-order valence-electron chi connectivity index (χ4n) is 3.75. The van der Waals surface area contributed by atoms with Gasteiger partial charge >= 0.3 is 0 Å². The van der Waals surface area contributed by atoms with Crippen LogP contribution >= 0.6 is 11.6 Å². The largest absolute Gasteiger partial charge is 0.326 e. The highest BCUT2D eigenvalue weighted by Crippen LogP contribution is 2.33. The van der Waals surface area contributed by atoms with Gasteiger partial charge in [-0.25, -0.2) is 4.39 Å². The van der Waals surface area contributed by atoms with Crippen LogP contribution < -0.4 is 5.73 Å². The van der Waals surface area contributed by atoms with E-state index in [1.807, 2.05) is 0 Å². The van der Waals surface area contributed by atoms with Crippen LogP contribution in [0.25, 0.3) is 0 Å². The van der Waals surface area contributed by atoms with Crippen LogP contribution in [-0.4, -0.2) is 29.6 Å². The highest BCUT2D eigenvalue weighted by molar-refractivity contribution is 6.31. The zero-order valence-electron chi connectivity index (χ0n) is 13.0. The Morgan fingerprint density at radius 1 is 1.29 bits per heavy atom. The van der Waals surface area contributed by atoms with E-state index < -0.39 is 0 Å². The molecule has 2 rings (SSSR count). The van der Waals surface area contributed by atoms with Crippen LogP contribution in [0, 0.1) is 5.82 Å². The van der Waals surface area contributed by atoms with E-state index in [4.69, 9.17) is 17.3 Å². The van der Waals surface area contributed by atoms with Gasteiger partial charge in [0.15, 0.2) is 0 Å². The molecule has 1 unspecified atom stereocenters. The second-order valence-electron chi connectivity index (χ2n) is 6.05. The van der Waals surface area contributed by atoms with Crippen LogP contribution in [0.2, 0.25) is 5.02 Å². The molecule has 1 aliphatic heterocycles. The van der Waals surface area contributed by atoms with Crippen molar-refractivity contribution >= 4 is 11.6 Å². The normalized spacial score (nSPS) is 18.1. The van der Waals surface area contributed by atoms with E-state index in [0.717, 1.165) is 31.5 Å². The average molecular weight is 313 g/mol. The molecule has 21 heavy (non-hydrogen) atoms. The lowest BCUT2D eigenvalue weighted by atomic mass is 9.80. The molecule has 118 valence electrons. The van der Waals surface area contributed by atoms with Crippen molar-refractivity contribution in [3.8, 4) is 0 Å². The monoisotopic (exact) mass is 312 g/mol. The van der Waals surface area contributed by atoms with E-state index >= 15 is 0 Å². The maximum atomic E-state index is 13.4. The van der Waals surface area contributed by atoms with Crippen molar-refractivity contribution in [2.24, 2.45) is 5.73 Å². The fraction of sp³-hybridized carbons (Fsp3) is 0.647. The SMILES string of the molecule is CCC(CC)(C(N)Cc1cc(F)ccc1Cl)N1CCCC1. The molecule has 0 radical (unpaired) electrons. The first-order chi connectivity index (χ1) is 10.0. The summed E-state index contributed by atoms with van der Waals surface area (Å²) in [6.07, 6.45) is 5.13. The van der Waals surface area contributed by atoms with Crippen molar-refractivity contribution < 1.29 is 4.39 Å². The number of nitrogens with two attached hydrogens (primary N) is 1. The van der Waals surface area contributed by atoms with Gasteiger partial charge in [-0.1, -0.05) is 25.4 Å². The Labute approximate surface area is 132 Å². The summed E-state index contributed by atoms with van der Waals surface area (Å²) in [5.74, 6) is -0.249. The molecule has 1 saturated heterocycles. The van der Waals surface area contributed by atoms with Crippen molar-refractivity contribution in [2.75, 3.05) is 13.1 Å². The molecule has 2 N–H and O–H groups in total. The number of hydrogen-bond acceptors (Lipinski definition) is 2. The Balaban J connectivity index is 2.22. The smallest absolute Gasteiger partial charge is 0.123 e. The lowest BCUT2D eigenvalue weighted by Gasteiger charge is -2.45. The molecule has 1 aromatic rings. The van der Waals surface area contributed by atoms with Crippen LogP contribution in [-0.2, 0) is 6.42 Å². The molecule has 1 fully saturated rings. The first kappa shape index (κ1) is 16.7. The summed E-state index contributed by atoms with van der Waals surface area (Å²) in [4.78, 5) is 2.53. The van der Waals surface area contributed by atoms with Crippen LogP contribution in [0.1, 0.15) is 45.1 Å². The molecule has 0 aromatic heterocycles. The Morgan fingerprint density at radius 3 is 2.48 bits per heavy atom. The third-order valence-corrected chi connectivity index (χ3v) is 5.47. The molecular weight excluding hydrogens is 287 g/mol. The molecular formula is C17H26ClFN2. The molecule has 1 atom stereocenters. The minimum atomic E-state index is -0.249. The summed E-state index contributed by atoms with van der Waals surface area (Å²) in [6.45, 7) is 6.64. The van der Waals surface area contributed by atoms with Crippen molar-refractivity contribution in [1.29, 1.82) is 0 Å². The van der Waals surface area contributed by atoms with E-state index in [1.165, 1.54) is 25.0 Å². The standard InChI is InChI=1S/C17H26ClFN2/c1-3-17(4-2,21-9-5-6-10-21)16(20)12-13-11-14(19)7-8-15(13)18/h7-8,11,16H,3-6,9-10,12,20H2,1-2H3. The Morgan fingerprint density at radius 2 is 1.90 bits per heavy atom. The van der Waals surface area contributed by atoms with Gasteiger partial charge in [-0.3, -0.25) is 4.90 Å². The van der Waals surface area contributed by atoms with Crippen molar-refractivity contribution in [3.63, 3.8) is 0 Å². The van der Waals surface area contributed by atoms with Gasteiger partial charge in [-0.2, -0.15) is 0 Å². The molecule has 1 heterocycles. The molecule has 1 aliphatic rings. The zero-order chi connectivity index (χ0) is 15.5. The Hall–Kier alpha value is -0.640. The minimum Gasteiger partial charge on any atom is -0.326 e. The number of benzene rings is 1. The maximum Gasteiger partial charge on any atom is 0.123 e. The van der Waals surface area contributed by atoms with Crippen molar-refractivity contribution in [3.05, 3.63) is 34.6 Å². The summed E-state index contributed by atoms with van der Waals surface area (Å²) in [5.41, 5.74) is 7.39. The van der Waals surface area contributed by atoms with Crippen LogP contribution in [0.4, 0.5) is 4.39 Å². The number of nitrogens with zero attached hydrogens (tertiary/aromatic N) is 1. The highest BCUT2D eigenvalue weighted by Gasteiger charge is 2.40. The Kier molecular flexibility index (Phi) is 5.64. The van der Waals surface area contributed by atoms with Gasteiger partial charge in [0.25, 0.3) is 0 Å². The van der Waals surface area contributed by atoms with E-state index in [-0.39, 0.29) is 17.4 Å². The highest BCUT2D eigenvalue weighted by atomic mass is 35.5. The first-order valence-corrected chi connectivity index (χ1v) is 8.36. The van der Waals surface area contributed by atoms with Gasteiger partial charge in [0, 0.05) is 16.6 Å². The van der Waals surface area contributed by atoms with Gasteiger partial charge in [-0.15, -0.1) is 0 Å². The predicted molar refractivity (Wildman–Crippen MR) is 87.2 cm³/mol. The fourth-order valence-corrected chi connectivity index (χ4v) is 3.94. The molecule has 2 nitrogen and oxygen atoms in total. The van der Waals surface area contributed by atoms with Crippen molar-refractivity contribution in [1.82, 2.24) is 4.90 Å². The quantitative estimate of drug-likeness (QED) is 0.860. The Bertz CT molecular complexity index is 468. The molecule has 0 saturated carbocycles.